The summed E-state index contributed by atoms with van der Waals surface area (Å²) in [6.07, 6.45) is 4.72. The molecule has 0 unspecified atom stereocenters. The summed E-state index contributed by atoms with van der Waals surface area (Å²) in [6.45, 7) is 2.24. The molecule has 0 heterocycles. The summed E-state index contributed by atoms with van der Waals surface area (Å²) in [4.78, 5) is 3.94. The lowest BCUT2D eigenvalue weighted by Gasteiger charge is -1.91. The Labute approximate surface area is 44.5 Å². The summed E-state index contributed by atoms with van der Waals surface area (Å²) in [6, 6.07) is 0. The van der Waals surface area contributed by atoms with E-state index in [2.05, 4.69) is 11.9 Å². The molecule has 1 aliphatic rings. The zero-order valence-corrected chi connectivity index (χ0v) is 4.94. The van der Waals surface area contributed by atoms with Gasteiger partial charge in [0.15, 0.2) is 0 Å². The summed E-state index contributed by atoms with van der Waals surface area (Å²) >= 11 is 0. The van der Waals surface area contributed by atoms with Gasteiger partial charge in [0.25, 0.3) is 0 Å². The van der Waals surface area contributed by atoms with Gasteiger partial charge in [-0.05, 0) is 12.8 Å². The highest BCUT2D eigenvalue weighted by Crippen LogP contribution is 2.42. The monoisotopic (exact) mass is 97.1 g/mol. The summed E-state index contributed by atoms with van der Waals surface area (Å²) in [5, 5.41) is 0. The second kappa shape index (κ2) is 1.32. The van der Waals surface area contributed by atoms with E-state index in [-0.39, 0.29) is 0 Å². The lowest BCUT2D eigenvalue weighted by molar-refractivity contribution is 0.824. The Morgan fingerprint density at radius 1 is 1.57 bits per heavy atom. The molecular formula is C6H11N. The quantitative estimate of drug-likeness (QED) is 0.439. The van der Waals surface area contributed by atoms with E-state index in [1.54, 1.807) is 0 Å². The van der Waals surface area contributed by atoms with Gasteiger partial charge in [-0.15, -0.1) is 0 Å². The standard InChI is InChI=1S/C6H11N/c1-6(3-4-6)5-7-2/h5H,3-4H2,1-2H3/b7-5+. The fourth-order valence-electron chi connectivity index (χ4n) is 0.638. The first-order chi connectivity index (χ1) is 3.27. The average Bonchev–Trinajstić information content (AvgIpc) is 2.22. The SMILES string of the molecule is C/N=C/C1(C)CC1. The van der Waals surface area contributed by atoms with Crippen molar-refractivity contribution in [2.24, 2.45) is 10.4 Å². The van der Waals surface area contributed by atoms with Gasteiger partial charge >= 0.3 is 0 Å². The third-order valence-corrected chi connectivity index (χ3v) is 1.48. The largest absolute Gasteiger partial charge is 0.300 e. The molecule has 7 heavy (non-hydrogen) atoms. The Morgan fingerprint density at radius 3 is 2.29 bits per heavy atom. The molecule has 1 fully saturated rings. The number of hydrogen-bond acceptors (Lipinski definition) is 1. The molecule has 0 saturated heterocycles. The highest BCUT2D eigenvalue weighted by atomic mass is 14.7. The van der Waals surface area contributed by atoms with Crippen LogP contribution < -0.4 is 0 Å². The molecule has 0 radical (unpaired) electrons. The van der Waals surface area contributed by atoms with Gasteiger partial charge < -0.3 is 4.99 Å². The third-order valence-electron chi connectivity index (χ3n) is 1.48. The minimum Gasteiger partial charge on any atom is -0.300 e. The van der Waals surface area contributed by atoms with E-state index in [0.717, 1.165) is 0 Å². The van der Waals surface area contributed by atoms with E-state index >= 15 is 0 Å². The molecule has 0 aliphatic heterocycles. The first-order valence-electron chi connectivity index (χ1n) is 2.70. The van der Waals surface area contributed by atoms with Crippen molar-refractivity contribution in [3.63, 3.8) is 0 Å². The Hall–Kier alpha value is -0.330. The molecule has 0 aromatic carbocycles. The van der Waals surface area contributed by atoms with E-state index in [4.69, 9.17) is 0 Å². The van der Waals surface area contributed by atoms with Gasteiger partial charge in [0, 0.05) is 18.7 Å². The van der Waals surface area contributed by atoms with Crippen LogP contribution in [0.2, 0.25) is 0 Å². The van der Waals surface area contributed by atoms with Crippen LogP contribution in [0.15, 0.2) is 4.99 Å². The van der Waals surface area contributed by atoms with E-state index in [0.29, 0.717) is 5.41 Å². The highest BCUT2D eigenvalue weighted by Gasteiger charge is 2.34. The fourth-order valence-corrected chi connectivity index (χ4v) is 0.638. The van der Waals surface area contributed by atoms with E-state index in [1.807, 2.05) is 13.3 Å². The van der Waals surface area contributed by atoms with Crippen LogP contribution in [-0.2, 0) is 0 Å². The molecule has 0 aromatic heterocycles. The van der Waals surface area contributed by atoms with Crippen molar-refractivity contribution in [1.29, 1.82) is 0 Å². The second-order valence-electron chi connectivity index (χ2n) is 2.54. The van der Waals surface area contributed by atoms with Crippen LogP contribution in [0.3, 0.4) is 0 Å². The molecule has 1 aliphatic carbocycles. The normalized spacial score (nSPS) is 26.0. The molecule has 0 aromatic rings. The topological polar surface area (TPSA) is 12.4 Å². The van der Waals surface area contributed by atoms with Crippen LogP contribution in [0.1, 0.15) is 19.8 Å². The van der Waals surface area contributed by atoms with Gasteiger partial charge in [-0.25, -0.2) is 0 Å². The highest BCUT2D eigenvalue weighted by molar-refractivity contribution is 5.68. The number of hydrogen-bond donors (Lipinski definition) is 0. The van der Waals surface area contributed by atoms with Gasteiger partial charge in [-0.1, -0.05) is 6.92 Å². The predicted molar refractivity (Wildman–Crippen MR) is 31.8 cm³/mol. The summed E-state index contributed by atoms with van der Waals surface area (Å²) < 4.78 is 0. The van der Waals surface area contributed by atoms with Crippen molar-refractivity contribution < 1.29 is 0 Å². The van der Waals surface area contributed by atoms with Gasteiger partial charge in [0.1, 0.15) is 0 Å². The number of aliphatic imine (C=N–C) groups is 1. The van der Waals surface area contributed by atoms with Crippen molar-refractivity contribution in [2.75, 3.05) is 7.05 Å². The Bertz CT molecular complexity index is 90.4. The van der Waals surface area contributed by atoms with Crippen molar-refractivity contribution in [2.45, 2.75) is 19.8 Å². The van der Waals surface area contributed by atoms with Crippen LogP contribution in [0.25, 0.3) is 0 Å². The van der Waals surface area contributed by atoms with E-state index in [9.17, 15) is 0 Å². The first-order valence-corrected chi connectivity index (χ1v) is 2.70. The maximum absolute atomic E-state index is 3.94. The van der Waals surface area contributed by atoms with Crippen LogP contribution >= 0.6 is 0 Å². The molecule has 0 amide bonds. The maximum atomic E-state index is 3.94. The summed E-state index contributed by atoms with van der Waals surface area (Å²) in [7, 11) is 1.84. The van der Waals surface area contributed by atoms with Crippen LogP contribution in [0.5, 0.6) is 0 Å². The van der Waals surface area contributed by atoms with Crippen molar-refractivity contribution in [3.05, 3.63) is 0 Å². The Morgan fingerprint density at radius 2 is 2.14 bits per heavy atom. The zero-order chi connectivity index (χ0) is 5.33. The van der Waals surface area contributed by atoms with Crippen molar-refractivity contribution in [1.82, 2.24) is 0 Å². The molecule has 40 valence electrons. The number of nitrogens with zero attached hydrogens (tertiary/aromatic N) is 1. The fraction of sp³-hybridized carbons (Fsp3) is 0.833. The third kappa shape index (κ3) is 1.02. The zero-order valence-electron chi connectivity index (χ0n) is 4.94. The molecule has 1 saturated carbocycles. The van der Waals surface area contributed by atoms with Gasteiger partial charge in [-0.3, -0.25) is 0 Å². The minimum absolute atomic E-state index is 0.509. The molecule has 0 spiro atoms. The van der Waals surface area contributed by atoms with Gasteiger partial charge in [-0.2, -0.15) is 0 Å². The Kier molecular flexibility index (Phi) is 0.911. The first kappa shape index (κ1) is 4.82. The summed E-state index contributed by atoms with van der Waals surface area (Å²) in [5.74, 6) is 0. The predicted octanol–water partition coefficient (Wildman–Crippen LogP) is 1.49. The maximum Gasteiger partial charge on any atom is 0.0273 e. The van der Waals surface area contributed by atoms with Gasteiger partial charge in [0.2, 0.25) is 0 Å². The molecular weight excluding hydrogens is 86.1 g/mol. The van der Waals surface area contributed by atoms with E-state index < -0.39 is 0 Å². The molecule has 0 bridgehead atoms. The van der Waals surface area contributed by atoms with Crippen LogP contribution in [-0.4, -0.2) is 13.3 Å². The van der Waals surface area contributed by atoms with Crippen LogP contribution in [0.4, 0.5) is 0 Å². The molecule has 1 rings (SSSR count). The summed E-state index contributed by atoms with van der Waals surface area (Å²) in [5.41, 5.74) is 0.509. The van der Waals surface area contributed by atoms with E-state index in [1.165, 1.54) is 12.8 Å². The van der Waals surface area contributed by atoms with Crippen molar-refractivity contribution >= 4 is 6.21 Å². The minimum atomic E-state index is 0.509. The Balaban J connectivity index is 2.40. The lowest BCUT2D eigenvalue weighted by atomic mass is 10.2. The molecule has 1 nitrogen and oxygen atoms in total. The smallest absolute Gasteiger partial charge is 0.0273 e. The number of rotatable bonds is 1. The molecule has 0 N–H and O–H groups in total. The second-order valence-corrected chi connectivity index (χ2v) is 2.54. The van der Waals surface area contributed by atoms with Gasteiger partial charge in [0.05, 0.1) is 0 Å². The molecule has 1 heteroatoms. The lowest BCUT2D eigenvalue weighted by Crippen LogP contribution is -1.91. The molecule has 0 atom stereocenters. The van der Waals surface area contributed by atoms with Crippen molar-refractivity contribution in [3.8, 4) is 0 Å². The van der Waals surface area contributed by atoms with Crippen LogP contribution in [0, 0.1) is 5.41 Å². The average molecular weight is 97.2 g/mol.